The molecule has 0 amide bonds. The van der Waals surface area contributed by atoms with Gasteiger partial charge < -0.3 is 23.7 Å². The van der Waals surface area contributed by atoms with Crippen LogP contribution in [0.25, 0.3) is 0 Å². The van der Waals surface area contributed by atoms with Gasteiger partial charge in [-0.05, 0) is 26.8 Å². The van der Waals surface area contributed by atoms with Crippen molar-refractivity contribution < 1.29 is 42.9 Å². The minimum Gasteiger partial charge on any atom is -0.461 e. The number of carbonyl (C=O) groups is 4. The molecule has 9 nitrogen and oxygen atoms in total. The molecule has 0 aromatic rings. The molecular formula is C21H24O9. The Bertz CT molecular complexity index is 894. The van der Waals surface area contributed by atoms with Crippen molar-refractivity contribution in [2.45, 2.75) is 70.1 Å². The van der Waals surface area contributed by atoms with Crippen molar-refractivity contribution in [1.82, 2.24) is 0 Å². The summed E-state index contributed by atoms with van der Waals surface area (Å²) in [5.41, 5.74) is -0.594. The molecule has 0 radical (unpaired) electrons. The lowest BCUT2D eigenvalue weighted by Gasteiger charge is -2.25. The van der Waals surface area contributed by atoms with E-state index in [0.29, 0.717) is 11.1 Å². The van der Waals surface area contributed by atoms with Gasteiger partial charge in [-0.15, -0.1) is 0 Å². The van der Waals surface area contributed by atoms with Crippen LogP contribution in [0.5, 0.6) is 0 Å². The quantitative estimate of drug-likeness (QED) is 0.371. The number of esters is 3. The number of epoxide rings is 2. The zero-order valence-electron chi connectivity index (χ0n) is 17.3. The maximum atomic E-state index is 12.6. The molecule has 0 aromatic heterocycles. The van der Waals surface area contributed by atoms with E-state index < -0.39 is 47.4 Å². The van der Waals surface area contributed by atoms with Crippen molar-refractivity contribution in [2.24, 2.45) is 0 Å². The van der Waals surface area contributed by atoms with Crippen molar-refractivity contribution >= 4 is 23.7 Å². The zero-order valence-corrected chi connectivity index (χ0v) is 17.3. The van der Waals surface area contributed by atoms with Crippen LogP contribution in [0.1, 0.15) is 40.5 Å². The van der Waals surface area contributed by atoms with Crippen LogP contribution in [0.3, 0.4) is 0 Å². The smallest absolute Gasteiger partial charge is 0.341 e. The molecule has 0 bridgehead atoms. The third kappa shape index (κ3) is 3.79. The summed E-state index contributed by atoms with van der Waals surface area (Å²) >= 11 is 0. The molecule has 2 saturated heterocycles. The second-order valence-corrected chi connectivity index (χ2v) is 8.64. The standard InChI is InChI=1S/C21H24O9/c1-10-5-12(23)7-20(3)17(30-20)16-15(13(18(24)29-16)8-26-11(2)22)14(6-10)28-19(25)21(4)9-27-21/h5,14,16-17H,6-9H2,1-4H3/b10-5+/t14-,16-,17-,20+,21+/m0/s1. The molecule has 3 aliphatic heterocycles. The molecule has 4 aliphatic rings. The van der Waals surface area contributed by atoms with Crippen LogP contribution >= 0.6 is 0 Å². The number of hydrogen-bond donors (Lipinski definition) is 0. The molecular weight excluding hydrogens is 396 g/mol. The summed E-state index contributed by atoms with van der Waals surface area (Å²) in [4.78, 5) is 49.0. The van der Waals surface area contributed by atoms with Crippen molar-refractivity contribution in [1.29, 1.82) is 0 Å². The van der Waals surface area contributed by atoms with E-state index in [0.717, 1.165) is 0 Å². The summed E-state index contributed by atoms with van der Waals surface area (Å²) in [7, 11) is 0. The number of carbonyl (C=O) groups excluding carboxylic acids is 4. The number of ether oxygens (including phenoxy) is 5. The van der Waals surface area contributed by atoms with E-state index >= 15 is 0 Å². The largest absolute Gasteiger partial charge is 0.461 e. The molecule has 0 spiro atoms. The summed E-state index contributed by atoms with van der Waals surface area (Å²) in [6.45, 7) is 6.32. The molecule has 162 valence electrons. The van der Waals surface area contributed by atoms with Gasteiger partial charge >= 0.3 is 17.9 Å². The van der Waals surface area contributed by atoms with E-state index in [1.54, 1.807) is 20.8 Å². The first kappa shape index (κ1) is 20.7. The fourth-order valence-corrected chi connectivity index (χ4v) is 3.96. The van der Waals surface area contributed by atoms with Gasteiger partial charge in [-0.1, -0.05) is 5.57 Å². The van der Waals surface area contributed by atoms with Gasteiger partial charge in [-0.3, -0.25) is 9.59 Å². The average molecular weight is 420 g/mol. The van der Waals surface area contributed by atoms with Crippen molar-refractivity contribution in [3.63, 3.8) is 0 Å². The summed E-state index contributed by atoms with van der Waals surface area (Å²) < 4.78 is 27.3. The van der Waals surface area contributed by atoms with Crippen LogP contribution in [-0.2, 0) is 42.9 Å². The number of hydrogen-bond acceptors (Lipinski definition) is 9. The van der Waals surface area contributed by atoms with Crippen LogP contribution in [-0.4, -0.2) is 66.4 Å². The normalized spacial score (nSPS) is 39.2. The first-order valence-corrected chi connectivity index (χ1v) is 9.82. The topological polar surface area (TPSA) is 121 Å². The van der Waals surface area contributed by atoms with Gasteiger partial charge in [0.05, 0.1) is 12.2 Å². The molecule has 1 aliphatic carbocycles. The molecule has 0 unspecified atom stereocenters. The highest BCUT2D eigenvalue weighted by Crippen LogP contribution is 2.49. The van der Waals surface area contributed by atoms with Crippen LogP contribution in [0.15, 0.2) is 22.8 Å². The number of allylic oxidation sites excluding steroid dienone is 1. The van der Waals surface area contributed by atoms with Crippen LogP contribution in [0, 0.1) is 0 Å². The maximum Gasteiger partial charge on any atom is 0.341 e. The fourth-order valence-electron chi connectivity index (χ4n) is 3.96. The molecule has 0 N–H and O–H groups in total. The minimum absolute atomic E-state index is 0.114. The maximum absolute atomic E-state index is 12.6. The fraction of sp³-hybridized carbons (Fsp3) is 0.619. The molecule has 0 aromatic carbocycles. The Kier molecular flexibility index (Phi) is 4.85. The van der Waals surface area contributed by atoms with E-state index in [4.69, 9.17) is 23.7 Å². The molecule has 4 rings (SSSR count). The van der Waals surface area contributed by atoms with Gasteiger partial charge in [0.1, 0.15) is 24.4 Å². The van der Waals surface area contributed by atoms with Crippen LogP contribution in [0.2, 0.25) is 0 Å². The van der Waals surface area contributed by atoms with Crippen LogP contribution < -0.4 is 0 Å². The Morgan fingerprint density at radius 3 is 2.60 bits per heavy atom. The predicted octanol–water partition coefficient (Wildman–Crippen LogP) is 0.939. The first-order valence-electron chi connectivity index (χ1n) is 9.82. The summed E-state index contributed by atoms with van der Waals surface area (Å²) in [6.07, 6.45) is -0.455. The van der Waals surface area contributed by atoms with Gasteiger partial charge in [0, 0.05) is 25.3 Å². The summed E-state index contributed by atoms with van der Waals surface area (Å²) in [5, 5.41) is 0. The summed E-state index contributed by atoms with van der Waals surface area (Å²) in [6, 6.07) is 0. The molecule has 9 heteroatoms. The Morgan fingerprint density at radius 1 is 1.27 bits per heavy atom. The highest BCUT2D eigenvalue weighted by atomic mass is 16.7. The Hall–Kier alpha value is -2.52. The lowest BCUT2D eigenvalue weighted by molar-refractivity contribution is -0.153. The highest BCUT2D eigenvalue weighted by Gasteiger charge is 2.63. The average Bonchev–Trinajstić information content (AvgIpc) is 3.50. The van der Waals surface area contributed by atoms with E-state index in [9.17, 15) is 19.2 Å². The van der Waals surface area contributed by atoms with E-state index in [1.165, 1.54) is 13.0 Å². The van der Waals surface area contributed by atoms with Gasteiger partial charge in [0.2, 0.25) is 0 Å². The second-order valence-electron chi connectivity index (χ2n) is 8.64. The predicted molar refractivity (Wildman–Crippen MR) is 99.1 cm³/mol. The van der Waals surface area contributed by atoms with Gasteiger partial charge in [-0.25, -0.2) is 9.59 Å². The van der Waals surface area contributed by atoms with E-state index in [1.807, 2.05) is 0 Å². The first-order chi connectivity index (χ1) is 14.0. The zero-order chi connectivity index (χ0) is 21.8. The lowest BCUT2D eigenvalue weighted by atomic mass is 9.86. The third-order valence-corrected chi connectivity index (χ3v) is 5.82. The van der Waals surface area contributed by atoms with Crippen molar-refractivity contribution in [3.05, 3.63) is 22.8 Å². The minimum atomic E-state index is -1.02. The highest BCUT2D eigenvalue weighted by molar-refractivity contribution is 5.94. The Labute approximate surface area is 173 Å². The second kappa shape index (κ2) is 7.02. The van der Waals surface area contributed by atoms with Crippen LogP contribution in [0.4, 0.5) is 0 Å². The number of rotatable bonds is 4. The molecule has 2 fully saturated rings. The van der Waals surface area contributed by atoms with Gasteiger partial charge in [0.15, 0.2) is 17.5 Å². The lowest BCUT2D eigenvalue weighted by Crippen LogP contribution is -2.36. The third-order valence-electron chi connectivity index (χ3n) is 5.82. The monoisotopic (exact) mass is 420 g/mol. The van der Waals surface area contributed by atoms with Gasteiger partial charge in [-0.2, -0.15) is 0 Å². The van der Waals surface area contributed by atoms with Gasteiger partial charge in [0.25, 0.3) is 0 Å². The Balaban J connectivity index is 1.75. The SMILES string of the molecule is CC(=O)OCC1=C2[C@@H](OC(=O)[C@@]3(C)CO3)C/C(C)=C/C(=O)C[C@@]3(C)O[C@H]3[C@H]2OC1=O. The molecule has 3 heterocycles. The number of fused-ring (bicyclic) bond motifs is 3. The van der Waals surface area contributed by atoms with E-state index in [-0.39, 0.29) is 37.4 Å². The summed E-state index contributed by atoms with van der Waals surface area (Å²) in [5.74, 6) is -1.89. The molecule has 5 atom stereocenters. The molecule has 30 heavy (non-hydrogen) atoms. The Morgan fingerprint density at radius 2 is 1.97 bits per heavy atom. The molecule has 0 saturated carbocycles. The van der Waals surface area contributed by atoms with E-state index in [2.05, 4.69) is 0 Å². The number of ketones is 1. The van der Waals surface area contributed by atoms with Crippen molar-refractivity contribution in [2.75, 3.05) is 13.2 Å². The van der Waals surface area contributed by atoms with Crippen molar-refractivity contribution in [3.8, 4) is 0 Å².